The first-order chi connectivity index (χ1) is 11.8. The van der Waals surface area contributed by atoms with E-state index < -0.39 is 0 Å². The number of nitrogens with zero attached hydrogens (tertiary/aromatic N) is 3. The van der Waals surface area contributed by atoms with E-state index >= 15 is 0 Å². The van der Waals surface area contributed by atoms with Crippen molar-refractivity contribution in [2.75, 3.05) is 57.9 Å². The monoisotopic (exact) mass is 462 g/mol. The van der Waals surface area contributed by atoms with Crippen LogP contribution in [0.15, 0.2) is 29.3 Å². The number of halogens is 2. The molecule has 0 radical (unpaired) electrons. The normalized spacial score (nSPS) is 18.1. The van der Waals surface area contributed by atoms with E-state index in [1.54, 1.807) is 0 Å². The zero-order valence-corrected chi connectivity index (χ0v) is 17.1. The van der Waals surface area contributed by atoms with Crippen molar-refractivity contribution < 1.29 is 9.13 Å². The molecule has 1 N–H and O–H groups in total. The van der Waals surface area contributed by atoms with Crippen LogP contribution in [-0.2, 0) is 4.74 Å². The van der Waals surface area contributed by atoms with Gasteiger partial charge in [0.2, 0.25) is 0 Å². The Labute approximate surface area is 166 Å². The van der Waals surface area contributed by atoms with Crippen LogP contribution in [-0.4, -0.2) is 63.8 Å². The molecule has 1 aliphatic heterocycles. The van der Waals surface area contributed by atoms with Gasteiger partial charge in [-0.2, -0.15) is 0 Å². The summed E-state index contributed by atoms with van der Waals surface area (Å²) in [6, 6.07) is 6.72. The molecule has 3 rings (SSSR count). The first-order valence-electron chi connectivity index (χ1n) is 8.80. The van der Waals surface area contributed by atoms with Gasteiger partial charge in [0.1, 0.15) is 5.82 Å². The van der Waals surface area contributed by atoms with Crippen LogP contribution in [0.4, 0.5) is 10.1 Å². The van der Waals surface area contributed by atoms with Crippen LogP contribution in [0.5, 0.6) is 0 Å². The minimum Gasteiger partial charge on any atom is -0.379 e. The molecular formula is C18H28FIN4O. The summed E-state index contributed by atoms with van der Waals surface area (Å²) in [5.41, 5.74) is 1.08. The summed E-state index contributed by atoms with van der Waals surface area (Å²) >= 11 is 0. The predicted octanol–water partition coefficient (Wildman–Crippen LogP) is 2.57. The van der Waals surface area contributed by atoms with Gasteiger partial charge >= 0.3 is 0 Å². The Morgan fingerprint density at radius 2 is 1.88 bits per heavy atom. The van der Waals surface area contributed by atoms with Gasteiger partial charge in [-0.3, -0.25) is 4.99 Å². The summed E-state index contributed by atoms with van der Waals surface area (Å²) in [5.74, 6) is 1.55. The van der Waals surface area contributed by atoms with Crippen molar-refractivity contribution in [3.05, 3.63) is 30.1 Å². The molecule has 1 saturated heterocycles. The fraction of sp³-hybridized carbons (Fsp3) is 0.611. The van der Waals surface area contributed by atoms with Gasteiger partial charge < -0.3 is 19.9 Å². The summed E-state index contributed by atoms with van der Waals surface area (Å²) in [4.78, 5) is 8.92. The van der Waals surface area contributed by atoms with Gasteiger partial charge in [0.15, 0.2) is 5.96 Å². The number of nitrogens with one attached hydrogen (secondary N) is 1. The first-order valence-corrected chi connectivity index (χ1v) is 8.80. The molecule has 1 saturated carbocycles. The molecule has 5 nitrogen and oxygen atoms in total. The molecule has 1 aromatic rings. The van der Waals surface area contributed by atoms with Gasteiger partial charge in [0.05, 0.1) is 6.61 Å². The zero-order valence-electron chi connectivity index (χ0n) is 14.8. The standard InChI is InChI=1S/C18H27FN4O.HI/c1-20-18(21-8-13-24-14-15-2-3-15)23-11-9-22(10-12-23)17-6-4-16(19)5-7-17;/h4-7,15H,2-3,8-14H2,1H3,(H,20,21);1H. The SMILES string of the molecule is CN=C(NCCOCC1CC1)N1CCN(c2ccc(F)cc2)CC1.I. The van der Waals surface area contributed by atoms with Crippen LogP contribution < -0.4 is 10.2 Å². The maximum Gasteiger partial charge on any atom is 0.193 e. The molecule has 1 aliphatic carbocycles. The van der Waals surface area contributed by atoms with Crippen molar-refractivity contribution in [2.24, 2.45) is 10.9 Å². The second kappa shape index (κ2) is 10.2. The third-order valence-corrected chi connectivity index (χ3v) is 4.56. The molecule has 7 heteroatoms. The fourth-order valence-electron chi connectivity index (χ4n) is 2.93. The van der Waals surface area contributed by atoms with Gasteiger partial charge in [0.25, 0.3) is 0 Å². The topological polar surface area (TPSA) is 40.1 Å². The molecular weight excluding hydrogens is 434 g/mol. The van der Waals surface area contributed by atoms with E-state index in [-0.39, 0.29) is 29.8 Å². The average molecular weight is 462 g/mol. The molecule has 1 aromatic carbocycles. The van der Waals surface area contributed by atoms with Crippen molar-refractivity contribution in [3.8, 4) is 0 Å². The lowest BCUT2D eigenvalue weighted by molar-refractivity contribution is 0.128. The molecule has 0 unspecified atom stereocenters. The molecule has 1 heterocycles. The van der Waals surface area contributed by atoms with Gasteiger partial charge in [-0.05, 0) is 43.0 Å². The van der Waals surface area contributed by atoms with Gasteiger partial charge in [-0.1, -0.05) is 0 Å². The Kier molecular flexibility index (Phi) is 8.21. The average Bonchev–Trinajstić information content (AvgIpc) is 3.43. The summed E-state index contributed by atoms with van der Waals surface area (Å²) in [7, 11) is 1.82. The Hall–Kier alpha value is -1.09. The Morgan fingerprint density at radius 1 is 1.20 bits per heavy atom. The molecule has 2 aliphatic rings. The van der Waals surface area contributed by atoms with E-state index in [0.29, 0.717) is 0 Å². The molecule has 0 amide bonds. The van der Waals surface area contributed by atoms with Gasteiger partial charge in [-0.25, -0.2) is 4.39 Å². The van der Waals surface area contributed by atoms with Crippen LogP contribution >= 0.6 is 24.0 Å². The molecule has 0 bridgehead atoms. The first kappa shape index (κ1) is 20.2. The van der Waals surface area contributed by atoms with Crippen LogP contribution in [0.2, 0.25) is 0 Å². The lowest BCUT2D eigenvalue weighted by Gasteiger charge is -2.37. The van der Waals surface area contributed by atoms with Gasteiger partial charge in [-0.15, -0.1) is 24.0 Å². The molecule has 0 spiro atoms. The van der Waals surface area contributed by atoms with Crippen molar-refractivity contribution in [1.29, 1.82) is 0 Å². The number of hydrogen-bond donors (Lipinski definition) is 1. The van der Waals surface area contributed by atoms with Crippen molar-refractivity contribution >= 4 is 35.6 Å². The number of benzene rings is 1. The molecule has 0 aromatic heterocycles. The van der Waals surface area contributed by atoms with Gasteiger partial charge in [0, 0.05) is 52.1 Å². The molecule has 0 atom stereocenters. The summed E-state index contributed by atoms with van der Waals surface area (Å²) in [5, 5.41) is 3.38. The second-order valence-electron chi connectivity index (χ2n) is 6.44. The van der Waals surface area contributed by atoms with Crippen LogP contribution in [0, 0.1) is 11.7 Å². The van der Waals surface area contributed by atoms with E-state index in [2.05, 4.69) is 20.1 Å². The molecule has 2 fully saturated rings. The quantitative estimate of drug-likeness (QED) is 0.306. The number of aliphatic imine (C=N–C) groups is 1. The predicted molar refractivity (Wildman–Crippen MR) is 111 cm³/mol. The second-order valence-corrected chi connectivity index (χ2v) is 6.44. The van der Waals surface area contributed by atoms with E-state index in [1.165, 1.54) is 25.0 Å². The van der Waals surface area contributed by atoms with E-state index in [1.807, 2.05) is 19.2 Å². The number of ether oxygens (including phenoxy) is 1. The minimum absolute atomic E-state index is 0. The van der Waals surface area contributed by atoms with E-state index in [4.69, 9.17) is 4.74 Å². The van der Waals surface area contributed by atoms with Crippen LogP contribution in [0.25, 0.3) is 0 Å². The highest BCUT2D eigenvalue weighted by Gasteiger charge is 2.21. The van der Waals surface area contributed by atoms with E-state index in [0.717, 1.165) is 63.5 Å². The zero-order chi connectivity index (χ0) is 16.8. The number of piperazine rings is 1. The molecule has 140 valence electrons. The number of guanidine groups is 1. The number of rotatable bonds is 6. The van der Waals surface area contributed by atoms with Crippen molar-refractivity contribution in [3.63, 3.8) is 0 Å². The fourth-order valence-corrected chi connectivity index (χ4v) is 2.93. The lowest BCUT2D eigenvalue weighted by atomic mass is 10.2. The number of anilines is 1. The third kappa shape index (κ3) is 6.29. The minimum atomic E-state index is -0.189. The summed E-state index contributed by atoms with van der Waals surface area (Å²) in [6.07, 6.45) is 2.65. The summed E-state index contributed by atoms with van der Waals surface area (Å²) in [6.45, 7) is 6.04. The third-order valence-electron chi connectivity index (χ3n) is 4.56. The largest absolute Gasteiger partial charge is 0.379 e. The van der Waals surface area contributed by atoms with Crippen LogP contribution in [0.3, 0.4) is 0 Å². The van der Waals surface area contributed by atoms with Crippen molar-refractivity contribution in [2.45, 2.75) is 12.8 Å². The van der Waals surface area contributed by atoms with E-state index in [9.17, 15) is 4.39 Å². The highest BCUT2D eigenvalue weighted by atomic mass is 127. The van der Waals surface area contributed by atoms with Crippen LogP contribution in [0.1, 0.15) is 12.8 Å². The summed E-state index contributed by atoms with van der Waals surface area (Å²) < 4.78 is 18.7. The maximum absolute atomic E-state index is 13.0. The highest BCUT2D eigenvalue weighted by Crippen LogP contribution is 2.28. The highest BCUT2D eigenvalue weighted by molar-refractivity contribution is 14.0. The Morgan fingerprint density at radius 3 is 2.48 bits per heavy atom. The molecule has 25 heavy (non-hydrogen) atoms. The Bertz CT molecular complexity index is 543. The van der Waals surface area contributed by atoms with Crippen molar-refractivity contribution in [1.82, 2.24) is 10.2 Å². The number of hydrogen-bond acceptors (Lipinski definition) is 3. The smallest absolute Gasteiger partial charge is 0.193 e. The lowest BCUT2D eigenvalue weighted by Crippen LogP contribution is -2.53. The Balaban J connectivity index is 0.00000225. The maximum atomic E-state index is 13.0.